The van der Waals surface area contributed by atoms with Crippen molar-refractivity contribution >= 4 is 0 Å². The Morgan fingerprint density at radius 2 is 2.28 bits per heavy atom. The predicted molar refractivity (Wildman–Crippen MR) is 72.8 cm³/mol. The van der Waals surface area contributed by atoms with Gasteiger partial charge in [0.05, 0.1) is 6.10 Å². The Morgan fingerprint density at radius 3 is 3.06 bits per heavy atom. The molecule has 0 spiro atoms. The van der Waals surface area contributed by atoms with Crippen LogP contribution in [0.15, 0.2) is 18.2 Å². The lowest BCUT2D eigenvalue weighted by atomic mass is 10.1. The molecule has 1 aliphatic rings. The van der Waals surface area contributed by atoms with Gasteiger partial charge in [-0.15, -0.1) is 0 Å². The summed E-state index contributed by atoms with van der Waals surface area (Å²) in [5.74, 6) is 0.402. The van der Waals surface area contributed by atoms with E-state index in [0.717, 1.165) is 38.2 Å². The molecule has 1 saturated heterocycles. The predicted octanol–water partition coefficient (Wildman–Crippen LogP) is 2.70. The molecule has 0 bridgehead atoms. The Kier molecular flexibility index (Phi) is 4.61. The van der Waals surface area contributed by atoms with Crippen LogP contribution in [0.2, 0.25) is 0 Å². The van der Waals surface area contributed by atoms with Crippen molar-refractivity contribution in [1.82, 2.24) is 4.90 Å². The molecule has 1 aliphatic heterocycles. The van der Waals surface area contributed by atoms with Gasteiger partial charge >= 0.3 is 0 Å². The number of hydrogen-bond acceptors (Lipinski definition) is 3. The number of hydrogen-bond donors (Lipinski definition) is 1. The molecule has 100 valence electrons. The summed E-state index contributed by atoms with van der Waals surface area (Å²) in [5.41, 5.74) is 2.22. The Bertz CT molecular complexity index is 390. The van der Waals surface area contributed by atoms with Gasteiger partial charge in [0.25, 0.3) is 0 Å². The summed E-state index contributed by atoms with van der Waals surface area (Å²) in [6.45, 7) is 7.77. The number of rotatable bonds is 4. The molecular weight excluding hydrogens is 226 g/mol. The normalized spacial score (nSPS) is 21.1. The van der Waals surface area contributed by atoms with Gasteiger partial charge in [-0.2, -0.15) is 0 Å². The van der Waals surface area contributed by atoms with Gasteiger partial charge in [-0.1, -0.05) is 17.7 Å². The molecule has 1 aromatic rings. The zero-order valence-electron chi connectivity index (χ0n) is 11.4. The van der Waals surface area contributed by atoms with Gasteiger partial charge in [-0.25, -0.2) is 0 Å². The molecule has 3 nitrogen and oxygen atoms in total. The maximum Gasteiger partial charge on any atom is 0.120 e. The van der Waals surface area contributed by atoms with Crippen LogP contribution >= 0.6 is 0 Å². The maximum absolute atomic E-state index is 9.88. The third-order valence-electron chi connectivity index (χ3n) is 3.49. The summed E-state index contributed by atoms with van der Waals surface area (Å²) in [6, 6.07) is 5.80. The van der Waals surface area contributed by atoms with Crippen LogP contribution in [0.3, 0.4) is 0 Å². The average Bonchev–Trinajstić information content (AvgIpc) is 2.35. The quantitative estimate of drug-likeness (QED) is 0.890. The summed E-state index contributed by atoms with van der Waals surface area (Å²) in [7, 11) is 0. The topological polar surface area (TPSA) is 32.7 Å². The first-order valence-corrected chi connectivity index (χ1v) is 6.81. The van der Waals surface area contributed by atoms with E-state index in [9.17, 15) is 5.11 Å². The SMILES string of the molecule is CCOC1CCCN(Cc2cc(C)ccc2O)C1. The molecule has 0 aliphatic carbocycles. The average molecular weight is 249 g/mol. The summed E-state index contributed by atoms with van der Waals surface area (Å²) >= 11 is 0. The number of likely N-dealkylation sites (tertiary alicyclic amines) is 1. The van der Waals surface area contributed by atoms with Crippen LogP contribution in [0.1, 0.15) is 30.9 Å². The molecule has 3 heteroatoms. The summed E-state index contributed by atoms with van der Waals surface area (Å²) < 4.78 is 5.70. The van der Waals surface area contributed by atoms with Crippen LogP contribution in [0, 0.1) is 6.92 Å². The fraction of sp³-hybridized carbons (Fsp3) is 0.600. The largest absolute Gasteiger partial charge is 0.508 e. The minimum absolute atomic E-state index is 0.357. The third kappa shape index (κ3) is 3.47. The van der Waals surface area contributed by atoms with Crippen LogP contribution in [0.25, 0.3) is 0 Å². The molecule has 0 saturated carbocycles. The lowest BCUT2D eigenvalue weighted by Gasteiger charge is -2.32. The van der Waals surface area contributed by atoms with Crippen molar-refractivity contribution in [3.63, 3.8) is 0 Å². The molecule has 1 heterocycles. The zero-order chi connectivity index (χ0) is 13.0. The molecule has 18 heavy (non-hydrogen) atoms. The molecule has 0 amide bonds. The summed E-state index contributed by atoms with van der Waals surface area (Å²) in [4.78, 5) is 2.37. The number of benzene rings is 1. The van der Waals surface area contributed by atoms with Gasteiger partial charge in [0, 0.05) is 25.3 Å². The molecule has 1 N–H and O–H groups in total. The van der Waals surface area contributed by atoms with Gasteiger partial charge in [0.15, 0.2) is 0 Å². The van der Waals surface area contributed by atoms with Crippen LogP contribution in [-0.4, -0.2) is 35.8 Å². The van der Waals surface area contributed by atoms with Crippen molar-refractivity contribution in [2.75, 3.05) is 19.7 Å². The molecule has 1 atom stereocenters. The lowest BCUT2D eigenvalue weighted by Crippen LogP contribution is -2.39. The van der Waals surface area contributed by atoms with Crippen LogP contribution in [-0.2, 0) is 11.3 Å². The summed E-state index contributed by atoms with van der Waals surface area (Å²) in [5, 5.41) is 9.88. The second-order valence-electron chi connectivity index (χ2n) is 5.09. The standard InChI is InChI=1S/C15H23NO2/c1-3-18-14-5-4-8-16(11-14)10-13-9-12(2)6-7-15(13)17/h6-7,9,14,17H,3-5,8,10-11H2,1-2H3. The minimum atomic E-state index is 0.357. The Hall–Kier alpha value is -1.06. The number of piperidine rings is 1. The van der Waals surface area contributed by atoms with Gasteiger partial charge in [-0.05, 0) is 39.3 Å². The van der Waals surface area contributed by atoms with Crippen molar-refractivity contribution in [3.8, 4) is 5.75 Å². The molecular formula is C15H23NO2. The molecule has 2 rings (SSSR count). The Balaban J connectivity index is 1.98. The second kappa shape index (κ2) is 6.21. The van der Waals surface area contributed by atoms with Crippen molar-refractivity contribution in [2.24, 2.45) is 0 Å². The van der Waals surface area contributed by atoms with E-state index in [1.165, 1.54) is 12.0 Å². The van der Waals surface area contributed by atoms with Gasteiger partial charge < -0.3 is 9.84 Å². The number of ether oxygens (including phenoxy) is 1. The highest BCUT2D eigenvalue weighted by atomic mass is 16.5. The zero-order valence-corrected chi connectivity index (χ0v) is 11.4. The van der Waals surface area contributed by atoms with Gasteiger partial charge in [0.1, 0.15) is 5.75 Å². The van der Waals surface area contributed by atoms with E-state index in [2.05, 4.69) is 17.9 Å². The fourth-order valence-corrected chi connectivity index (χ4v) is 2.61. The van der Waals surface area contributed by atoms with E-state index in [4.69, 9.17) is 4.74 Å². The molecule has 0 aromatic heterocycles. The molecule has 1 fully saturated rings. The Labute approximate surface area is 109 Å². The highest BCUT2D eigenvalue weighted by Crippen LogP contribution is 2.22. The lowest BCUT2D eigenvalue weighted by molar-refractivity contribution is 0.00346. The fourth-order valence-electron chi connectivity index (χ4n) is 2.61. The number of phenols is 1. The van der Waals surface area contributed by atoms with Crippen molar-refractivity contribution in [2.45, 2.75) is 39.3 Å². The molecule has 0 radical (unpaired) electrons. The van der Waals surface area contributed by atoms with Crippen LogP contribution in [0.4, 0.5) is 0 Å². The smallest absolute Gasteiger partial charge is 0.120 e. The minimum Gasteiger partial charge on any atom is -0.508 e. The van der Waals surface area contributed by atoms with Gasteiger partial charge in [-0.3, -0.25) is 4.90 Å². The second-order valence-corrected chi connectivity index (χ2v) is 5.09. The number of phenolic OH excluding ortho intramolecular Hbond substituents is 1. The van der Waals surface area contributed by atoms with E-state index in [-0.39, 0.29) is 0 Å². The molecule has 1 unspecified atom stereocenters. The van der Waals surface area contributed by atoms with Gasteiger partial charge in [0.2, 0.25) is 0 Å². The van der Waals surface area contributed by atoms with E-state index in [0.29, 0.717) is 11.9 Å². The first kappa shape index (κ1) is 13.4. The monoisotopic (exact) mass is 249 g/mol. The third-order valence-corrected chi connectivity index (χ3v) is 3.49. The number of nitrogens with zero attached hydrogens (tertiary/aromatic N) is 1. The summed E-state index contributed by atoms with van der Waals surface area (Å²) in [6.07, 6.45) is 2.69. The van der Waals surface area contributed by atoms with Crippen LogP contribution in [0.5, 0.6) is 5.75 Å². The molecule has 1 aromatic carbocycles. The van der Waals surface area contributed by atoms with E-state index in [1.54, 1.807) is 6.07 Å². The van der Waals surface area contributed by atoms with E-state index in [1.807, 2.05) is 13.0 Å². The number of aromatic hydroxyl groups is 1. The van der Waals surface area contributed by atoms with Crippen molar-refractivity contribution in [1.29, 1.82) is 0 Å². The van der Waals surface area contributed by atoms with Crippen molar-refractivity contribution in [3.05, 3.63) is 29.3 Å². The Morgan fingerprint density at radius 1 is 1.44 bits per heavy atom. The highest BCUT2D eigenvalue weighted by molar-refractivity contribution is 5.35. The highest BCUT2D eigenvalue weighted by Gasteiger charge is 2.20. The first-order chi connectivity index (χ1) is 8.69. The van der Waals surface area contributed by atoms with E-state index < -0.39 is 0 Å². The maximum atomic E-state index is 9.88. The van der Waals surface area contributed by atoms with Crippen molar-refractivity contribution < 1.29 is 9.84 Å². The first-order valence-electron chi connectivity index (χ1n) is 6.81. The van der Waals surface area contributed by atoms with E-state index >= 15 is 0 Å². The van der Waals surface area contributed by atoms with Crippen LogP contribution < -0.4 is 0 Å². The number of aryl methyl sites for hydroxylation is 1.